The van der Waals surface area contributed by atoms with Gasteiger partial charge in [0.15, 0.2) is 0 Å². The van der Waals surface area contributed by atoms with Crippen LogP contribution >= 0.6 is 40.2 Å². The topological polar surface area (TPSA) is 3.24 Å². The molecule has 4 heteroatoms. The van der Waals surface area contributed by atoms with E-state index in [0.29, 0.717) is 11.1 Å². The Morgan fingerprint density at radius 3 is 1.86 bits per heavy atom. The molecule has 0 aromatic rings. The molecule has 14 heavy (non-hydrogen) atoms. The van der Waals surface area contributed by atoms with E-state index in [9.17, 15) is 0 Å². The highest BCUT2D eigenvalue weighted by atomic mass is 79.9. The lowest BCUT2D eigenvalue weighted by Crippen LogP contribution is -2.53. The summed E-state index contributed by atoms with van der Waals surface area (Å²) in [4.78, 5) is 0. The van der Waals surface area contributed by atoms with Gasteiger partial charge in [-0.15, -0.1) is 0 Å². The molecule has 1 saturated heterocycles. The lowest BCUT2D eigenvalue weighted by atomic mass is 9.83. The van der Waals surface area contributed by atoms with Crippen molar-refractivity contribution in [3.8, 4) is 0 Å². The highest BCUT2D eigenvalue weighted by Crippen LogP contribution is 2.43. The van der Waals surface area contributed by atoms with E-state index >= 15 is 0 Å². The minimum absolute atomic E-state index is 0.302. The van der Waals surface area contributed by atoms with Crippen molar-refractivity contribution >= 4 is 43.3 Å². The van der Waals surface area contributed by atoms with Crippen molar-refractivity contribution in [3.05, 3.63) is 0 Å². The number of hydrogen-bond donors (Lipinski definition) is 0. The van der Waals surface area contributed by atoms with Crippen molar-refractivity contribution in [3.63, 3.8) is 0 Å². The first-order valence-electron chi connectivity index (χ1n) is 4.96. The maximum atomic E-state index is 3.49. The molecule has 0 bridgehead atoms. The molecule has 0 aliphatic carbocycles. The standard InChI is InChI=1S/C10H18Br2NP/c1-9(2)6-5-7-10(3,4)13(9)14-8(11)12/h5-7H2,1-4H3. The number of nitrogens with zero attached hydrogens (tertiary/aromatic N) is 1. The minimum Gasteiger partial charge on any atom is -0.245 e. The fourth-order valence-corrected chi connectivity index (χ4v) is 4.18. The van der Waals surface area contributed by atoms with Crippen molar-refractivity contribution in [2.75, 3.05) is 0 Å². The lowest BCUT2D eigenvalue weighted by Gasteiger charge is -2.50. The van der Waals surface area contributed by atoms with Crippen LogP contribution in [0.2, 0.25) is 0 Å². The first kappa shape index (κ1) is 13.2. The summed E-state index contributed by atoms with van der Waals surface area (Å²) in [5.41, 5.74) is 0.603. The van der Waals surface area contributed by atoms with E-state index in [1.807, 2.05) is 0 Å². The third kappa shape index (κ3) is 3.04. The van der Waals surface area contributed by atoms with Gasteiger partial charge in [0.25, 0.3) is 0 Å². The van der Waals surface area contributed by atoms with Crippen LogP contribution in [-0.2, 0) is 0 Å². The molecule has 0 saturated carbocycles. The van der Waals surface area contributed by atoms with Crippen molar-refractivity contribution < 1.29 is 0 Å². The zero-order chi connectivity index (χ0) is 11.0. The fraction of sp³-hybridized carbons (Fsp3) is 0.900. The maximum Gasteiger partial charge on any atom is 0.0987 e. The van der Waals surface area contributed by atoms with Crippen LogP contribution in [0.25, 0.3) is 0 Å². The van der Waals surface area contributed by atoms with Gasteiger partial charge in [-0.2, -0.15) is 0 Å². The molecule has 1 heterocycles. The van der Waals surface area contributed by atoms with E-state index in [2.05, 4.69) is 64.2 Å². The second kappa shape index (κ2) is 4.53. The normalized spacial score (nSPS) is 26.4. The van der Waals surface area contributed by atoms with E-state index in [-0.39, 0.29) is 0 Å². The Labute approximate surface area is 106 Å². The van der Waals surface area contributed by atoms with Crippen LogP contribution in [0, 0.1) is 0 Å². The highest BCUT2D eigenvalue weighted by molar-refractivity contribution is 9.41. The molecule has 0 aromatic carbocycles. The first-order valence-corrected chi connectivity index (χ1v) is 7.39. The third-order valence-electron chi connectivity index (χ3n) is 2.90. The van der Waals surface area contributed by atoms with Crippen LogP contribution in [0.1, 0.15) is 47.0 Å². The third-order valence-corrected chi connectivity index (χ3v) is 5.29. The summed E-state index contributed by atoms with van der Waals surface area (Å²) in [5, 5.41) is 0. The maximum absolute atomic E-state index is 3.49. The van der Waals surface area contributed by atoms with Crippen LogP contribution in [0.5, 0.6) is 0 Å². The summed E-state index contributed by atoms with van der Waals surface area (Å²) < 4.78 is 3.68. The fourth-order valence-electron chi connectivity index (χ4n) is 2.33. The molecule has 0 unspecified atom stereocenters. The predicted octanol–water partition coefficient (Wildman–Crippen LogP) is 4.77. The SMILES string of the molecule is CC1(C)CCCC(C)(C)N1P=C(Br)Br. The van der Waals surface area contributed by atoms with E-state index < -0.39 is 0 Å². The van der Waals surface area contributed by atoms with Gasteiger partial charge in [-0.25, -0.2) is 4.67 Å². The molecule has 1 aliphatic rings. The molecule has 0 amide bonds. The van der Waals surface area contributed by atoms with E-state index in [1.165, 1.54) is 27.6 Å². The molecular formula is C10H18Br2NP. The Morgan fingerprint density at radius 1 is 1.07 bits per heavy atom. The molecule has 82 valence electrons. The Balaban J connectivity index is 2.97. The second-order valence-corrected chi connectivity index (χ2v) is 10.1. The van der Waals surface area contributed by atoms with E-state index in [4.69, 9.17) is 0 Å². The molecule has 0 N–H and O–H groups in total. The molecule has 1 aliphatic heterocycles. The van der Waals surface area contributed by atoms with Gasteiger partial charge in [-0.05, 0) is 78.8 Å². The number of rotatable bonds is 1. The quantitative estimate of drug-likeness (QED) is 0.620. The average Bonchev–Trinajstić information content (AvgIpc) is 1.96. The Hall–Kier alpha value is 1.09. The monoisotopic (exact) mass is 341 g/mol. The molecular weight excluding hydrogens is 325 g/mol. The summed E-state index contributed by atoms with van der Waals surface area (Å²) >= 11 is 6.99. The molecule has 0 atom stereocenters. The Bertz CT molecular complexity index is 229. The van der Waals surface area contributed by atoms with Gasteiger partial charge in [0.2, 0.25) is 0 Å². The summed E-state index contributed by atoms with van der Waals surface area (Å²) in [6, 6.07) is 0. The number of piperidine rings is 1. The molecule has 0 spiro atoms. The van der Waals surface area contributed by atoms with Crippen molar-refractivity contribution in [2.24, 2.45) is 0 Å². The van der Waals surface area contributed by atoms with Gasteiger partial charge in [-0.3, -0.25) is 0 Å². The average molecular weight is 343 g/mol. The molecule has 1 nitrogen and oxygen atoms in total. The zero-order valence-corrected chi connectivity index (χ0v) is 13.3. The van der Waals surface area contributed by atoms with Crippen LogP contribution in [0.3, 0.4) is 0 Å². The molecule has 0 radical (unpaired) electrons. The van der Waals surface area contributed by atoms with Gasteiger partial charge in [0.05, 0.1) is 3.11 Å². The van der Waals surface area contributed by atoms with Gasteiger partial charge in [0.1, 0.15) is 0 Å². The summed E-state index contributed by atoms with van der Waals surface area (Å²) in [5.74, 6) is 0. The largest absolute Gasteiger partial charge is 0.245 e. The summed E-state index contributed by atoms with van der Waals surface area (Å²) in [6.45, 7) is 9.35. The van der Waals surface area contributed by atoms with Crippen molar-refractivity contribution in [2.45, 2.75) is 58.0 Å². The minimum atomic E-state index is 0.302. The van der Waals surface area contributed by atoms with Crippen LogP contribution in [0.4, 0.5) is 0 Å². The van der Waals surface area contributed by atoms with E-state index in [0.717, 1.165) is 3.11 Å². The van der Waals surface area contributed by atoms with E-state index in [1.54, 1.807) is 0 Å². The Morgan fingerprint density at radius 2 is 1.50 bits per heavy atom. The van der Waals surface area contributed by atoms with Crippen molar-refractivity contribution in [1.29, 1.82) is 0 Å². The smallest absolute Gasteiger partial charge is 0.0987 e. The molecule has 1 fully saturated rings. The molecule has 0 aromatic heterocycles. The predicted molar refractivity (Wildman–Crippen MR) is 73.6 cm³/mol. The van der Waals surface area contributed by atoms with Gasteiger partial charge < -0.3 is 0 Å². The number of hydrogen-bond acceptors (Lipinski definition) is 1. The zero-order valence-electron chi connectivity index (χ0n) is 9.27. The van der Waals surface area contributed by atoms with Gasteiger partial charge >= 0.3 is 0 Å². The lowest BCUT2D eigenvalue weighted by molar-refractivity contribution is 0.0657. The second-order valence-electron chi connectivity index (χ2n) is 5.13. The van der Waals surface area contributed by atoms with Crippen LogP contribution < -0.4 is 0 Å². The van der Waals surface area contributed by atoms with Crippen LogP contribution in [0.15, 0.2) is 0 Å². The Kier molecular flexibility index (Phi) is 4.26. The van der Waals surface area contributed by atoms with Gasteiger partial charge in [0, 0.05) is 19.4 Å². The highest BCUT2D eigenvalue weighted by Gasteiger charge is 2.40. The molecule has 1 rings (SSSR count). The van der Waals surface area contributed by atoms with Crippen LogP contribution in [-0.4, -0.2) is 18.9 Å². The van der Waals surface area contributed by atoms with Crippen molar-refractivity contribution in [1.82, 2.24) is 4.67 Å². The summed E-state index contributed by atoms with van der Waals surface area (Å²) in [7, 11) is 1.25. The van der Waals surface area contributed by atoms with Gasteiger partial charge in [-0.1, -0.05) is 0 Å². The first-order chi connectivity index (χ1) is 6.26. The number of halogens is 2. The summed E-state index contributed by atoms with van der Waals surface area (Å²) in [6.07, 6.45) is 3.92.